The molecule has 1 heteroatoms. The Morgan fingerprint density at radius 2 is 1.82 bits per heavy atom. The lowest BCUT2D eigenvalue weighted by molar-refractivity contribution is 0.214. The maximum Gasteiger partial charge on any atom is 0.0354 e. The molecule has 0 aliphatic heterocycles. The zero-order chi connectivity index (χ0) is 11.7. The molecule has 1 saturated carbocycles. The van der Waals surface area contributed by atoms with Crippen molar-refractivity contribution in [1.29, 1.82) is 0 Å². The van der Waals surface area contributed by atoms with Crippen LogP contribution in [0.3, 0.4) is 0 Å². The second-order valence-corrected chi connectivity index (χ2v) is 5.73. The first-order valence-electron chi connectivity index (χ1n) is 7.15. The van der Waals surface area contributed by atoms with Crippen LogP contribution in [0.2, 0.25) is 0 Å². The van der Waals surface area contributed by atoms with Gasteiger partial charge in [0.05, 0.1) is 0 Å². The molecular weight excluding hydrogens is 206 g/mol. The molecule has 1 fully saturated rings. The van der Waals surface area contributed by atoms with Crippen LogP contribution in [0.15, 0.2) is 24.3 Å². The second-order valence-electron chi connectivity index (χ2n) is 5.73. The van der Waals surface area contributed by atoms with Crippen molar-refractivity contribution in [2.24, 2.45) is 11.8 Å². The van der Waals surface area contributed by atoms with Gasteiger partial charge in [-0.3, -0.25) is 0 Å². The molecule has 92 valence electrons. The SMILES string of the molecule is CNC1c2ccccc2CC1C1CCCCC1. The minimum atomic E-state index is 0.606. The van der Waals surface area contributed by atoms with Crippen LogP contribution in [-0.4, -0.2) is 7.05 Å². The molecule has 0 bridgehead atoms. The summed E-state index contributed by atoms with van der Waals surface area (Å²) in [5, 5.41) is 3.57. The summed E-state index contributed by atoms with van der Waals surface area (Å²) >= 11 is 0. The van der Waals surface area contributed by atoms with Gasteiger partial charge in [0.2, 0.25) is 0 Å². The van der Waals surface area contributed by atoms with Gasteiger partial charge >= 0.3 is 0 Å². The molecule has 0 radical (unpaired) electrons. The van der Waals surface area contributed by atoms with E-state index < -0.39 is 0 Å². The number of rotatable bonds is 2. The van der Waals surface area contributed by atoms with Gasteiger partial charge in [-0.15, -0.1) is 0 Å². The van der Waals surface area contributed by atoms with Crippen molar-refractivity contribution in [3.63, 3.8) is 0 Å². The van der Waals surface area contributed by atoms with Gasteiger partial charge < -0.3 is 5.32 Å². The third-order valence-corrected chi connectivity index (χ3v) is 4.84. The molecule has 1 nitrogen and oxygen atoms in total. The maximum absolute atomic E-state index is 3.57. The molecule has 0 spiro atoms. The Morgan fingerprint density at radius 3 is 2.59 bits per heavy atom. The van der Waals surface area contributed by atoms with Crippen LogP contribution in [0.4, 0.5) is 0 Å². The molecule has 1 aromatic rings. The van der Waals surface area contributed by atoms with Crippen LogP contribution in [0.5, 0.6) is 0 Å². The monoisotopic (exact) mass is 229 g/mol. The average Bonchev–Trinajstić information content (AvgIpc) is 2.78. The molecular formula is C16H23N. The summed E-state index contributed by atoms with van der Waals surface area (Å²) in [5.41, 5.74) is 3.15. The van der Waals surface area contributed by atoms with E-state index in [9.17, 15) is 0 Å². The highest BCUT2D eigenvalue weighted by Gasteiger charge is 2.36. The third-order valence-electron chi connectivity index (χ3n) is 4.84. The third kappa shape index (κ3) is 2.01. The Morgan fingerprint density at radius 1 is 1.06 bits per heavy atom. The van der Waals surface area contributed by atoms with E-state index >= 15 is 0 Å². The van der Waals surface area contributed by atoms with Crippen molar-refractivity contribution >= 4 is 0 Å². The average molecular weight is 229 g/mol. The molecule has 0 aromatic heterocycles. The van der Waals surface area contributed by atoms with Gasteiger partial charge in [0, 0.05) is 6.04 Å². The number of nitrogens with one attached hydrogen (secondary N) is 1. The van der Waals surface area contributed by atoms with Crippen molar-refractivity contribution in [3.8, 4) is 0 Å². The lowest BCUT2D eigenvalue weighted by Gasteiger charge is -2.31. The topological polar surface area (TPSA) is 12.0 Å². The highest BCUT2D eigenvalue weighted by Crippen LogP contribution is 2.44. The predicted octanol–water partition coefficient (Wildman–Crippen LogP) is 3.70. The van der Waals surface area contributed by atoms with E-state index in [1.165, 1.54) is 38.5 Å². The second kappa shape index (κ2) is 4.81. The van der Waals surface area contributed by atoms with Crippen molar-refractivity contribution < 1.29 is 0 Å². The molecule has 0 heterocycles. The van der Waals surface area contributed by atoms with Gasteiger partial charge in [-0.05, 0) is 36.4 Å². The van der Waals surface area contributed by atoms with Gasteiger partial charge in [-0.2, -0.15) is 0 Å². The van der Waals surface area contributed by atoms with Gasteiger partial charge in [0.1, 0.15) is 0 Å². The predicted molar refractivity (Wildman–Crippen MR) is 72.0 cm³/mol. The standard InChI is InChI=1S/C16H23N/c1-17-16-14-10-6-5-9-13(14)11-15(16)12-7-3-2-4-8-12/h5-6,9-10,12,15-17H,2-4,7-8,11H2,1H3. The van der Waals surface area contributed by atoms with Crippen molar-refractivity contribution in [2.45, 2.75) is 44.6 Å². The molecule has 2 aliphatic carbocycles. The summed E-state index contributed by atoms with van der Waals surface area (Å²) in [6.07, 6.45) is 8.57. The Labute approximate surface area is 105 Å². The van der Waals surface area contributed by atoms with E-state index in [1.54, 1.807) is 11.1 Å². The van der Waals surface area contributed by atoms with Crippen molar-refractivity contribution in [3.05, 3.63) is 35.4 Å². The van der Waals surface area contributed by atoms with E-state index in [1.807, 2.05) is 0 Å². The van der Waals surface area contributed by atoms with Gasteiger partial charge in [-0.25, -0.2) is 0 Å². The number of fused-ring (bicyclic) bond motifs is 1. The van der Waals surface area contributed by atoms with Gasteiger partial charge in [-0.1, -0.05) is 56.4 Å². The first kappa shape index (κ1) is 11.3. The molecule has 17 heavy (non-hydrogen) atoms. The molecule has 0 saturated heterocycles. The fraction of sp³-hybridized carbons (Fsp3) is 0.625. The Balaban J connectivity index is 1.83. The molecule has 0 amide bonds. The van der Waals surface area contributed by atoms with Gasteiger partial charge in [0.15, 0.2) is 0 Å². The minimum Gasteiger partial charge on any atom is -0.313 e. The smallest absolute Gasteiger partial charge is 0.0354 e. The lowest BCUT2D eigenvalue weighted by Crippen LogP contribution is -2.28. The Kier molecular flexibility index (Phi) is 3.19. The summed E-state index contributed by atoms with van der Waals surface area (Å²) in [4.78, 5) is 0. The van der Waals surface area contributed by atoms with E-state index in [0.717, 1.165) is 11.8 Å². The highest BCUT2D eigenvalue weighted by molar-refractivity contribution is 5.36. The molecule has 2 atom stereocenters. The van der Waals surface area contributed by atoms with Crippen molar-refractivity contribution in [2.75, 3.05) is 7.05 Å². The molecule has 1 N–H and O–H groups in total. The summed E-state index contributed by atoms with van der Waals surface area (Å²) in [6, 6.07) is 9.62. The number of hydrogen-bond donors (Lipinski definition) is 1. The molecule has 1 aromatic carbocycles. The number of hydrogen-bond acceptors (Lipinski definition) is 1. The molecule has 2 unspecified atom stereocenters. The Hall–Kier alpha value is -0.820. The fourth-order valence-electron chi connectivity index (χ4n) is 4.00. The zero-order valence-electron chi connectivity index (χ0n) is 10.8. The first-order valence-corrected chi connectivity index (χ1v) is 7.15. The van der Waals surface area contributed by atoms with Crippen LogP contribution in [0.25, 0.3) is 0 Å². The van der Waals surface area contributed by atoms with Crippen LogP contribution < -0.4 is 5.32 Å². The normalized spacial score (nSPS) is 29.2. The fourth-order valence-corrected chi connectivity index (χ4v) is 4.00. The highest BCUT2D eigenvalue weighted by atomic mass is 14.9. The van der Waals surface area contributed by atoms with E-state index in [4.69, 9.17) is 0 Å². The zero-order valence-corrected chi connectivity index (χ0v) is 10.8. The van der Waals surface area contributed by atoms with E-state index in [-0.39, 0.29) is 0 Å². The van der Waals surface area contributed by atoms with E-state index in [0.29, 0.717) is 6.04 Å². The largest absolute Gasteiger partial charge is 0.313 e. The van der Waals surface area contributed by atoms with Crippen molar-refractivity contribution in [1.82, 2.24) is 5.32 Å². The van der Waals surface area contributed by atoms with Gasteiger partial charge in [0.25, 0.3) is 0 Å². The van der Waals surface area contributed by atoms with E-state index in [2.05, 4.69) is 36.6 Å². The Bertz CT molecular complexity index is 379. The molecule has 3 rings (SSSR count). The van der Waals surface area contributed by atoms with Crippen LogP contribution in [-0.2, 0) is 6.42 Å². The summed E-state index contributed by atoms with van der Waals surface area (Å²) in [6.45, 7) is 0. The molecule has 2 aliphatic rings. The summed E-state index contributed by atoms with van der Waals surface area (Å²) in [5.74, 6) is 1.80. The quantitative estimate of drug-likeness (QED) is 0.815. The summed E-state index contributed by atoms with van der Waals surface area (Å²) in [7, 11) is 2.13. The van der Waals surface area contributed by atoms with Crippen LogP contribution >= 0.6 is 0 Å². The van der Waals surface area contributed by atoms with Crippen LogP contribution in [0.1, 0.15) is 49.3 Å². The first-order chi connectivity index (χ1) is 8.40. The maximum atomic E-state index is 3.57. The lowest BCUT2D eigenvalue weighted by atomic mass is 9.77. The number of benzene rings is 1. The summed E-state index contributed by atoms with van der Waals surface area (Å²) < 4.78 is 0. The minimum absolute atomic E-state index is 0.606. The van der Waals surface area contributed by atoms with Crippen LogP contribution in [0, 0.1) is 11.8 Å².